The molecule has 8 nitrogen and oxygen atoms in total. The molecule has 0 saturated heterocycles. The average Bonchev–Trinajstić information content (AvgIpc) is 2.72. The van der Waals surface area contributed by atoms with E-state index in [0.717, 1.165) is 0 Å². The number of halogens is 1. The van der Waals surface area contributed by atoms with Crippen molar-refractivity contribution in [3.63, 3.8) is 0 Å². The lowest BCUT2D eigenvalue weighted by atomic mass is 10.2. The highest BCUT2D eigenvalue weighted by Gasteiger charge is 2.16. The smallest absolute Gasteiger partial charge is 0.264 e. The van der Waals surface area contributed by atoms with Crippen LogP contribution in [0.2, 0.25) is 0 Å². The zero-order valence-electron chi connectivity index (χ0n) is 17.7. The Bertz CT molecular complexity index is 1290. The number of thiocarbonyl (C=S) groups is 1. The van der Waals surface area contributed by atoms with Crippen molar-refractivity contribution >= 4 is 51.0 Å². The number of benzene rings is 2. The molecule has 11 heteroatoms. The number of hydrogen-bond donors (Lipinski definition) is 3. The zero-order chi connectivity index (χ0) is 24.0. The fourth-order valence-corrected chi connectivity index (χ4v) is 3.89. The minimum absolute atomic E-state index is 0.00714. The normalized spacial score (nSPS) is 11.2. The standard InChI is InChI=1S/C22H20FN5O3S2/c1-14-13-15(2)25-21(24-14)28-33(30,31)19-10-8-18(9-11-19)26-22(32)27-20(29)12-5-16-3-6-17(23)7-4-16/h3-13H,1-2H3,(H,24,25,28)(H2,26,27,29,32)/b12-5-. The van der Waals surface area contributed by atoms with Crippen LogP contribution in [0.3, 0.4) is 0 Å². The number of aromatic nitrogens is 2. The van der Waals surface area contributed by atoms with Crippen molar-refractivity contribution in [1.29, 1.82) is 0 Å². The number of nitrogens with one attached hydrogen (secondary N) is 3. The molecule has 0 atom stereocenters. The molecule has 33 heavy (non-hydrogen) atoms. The number of nitrogens with zero attached hydrogens (tertiary/aromatic N) is 2. The lowest BCUT2D eigenvalue weighted by Crippen LogP contribution is -2.32. The van der Waals surface area contributed by atoms with Crippen LogP contribution in [0.5, 0.6) is 0 Å². The molecule has 3 aromatic rings. The summed E-state index contributed by atoms with van der Waals surface area (Å²) in [6.45, 7) is 3.49. The summed E-state index contributed by atoms with van der Waals surface area (Å²) in [6.07, 6.45) is 2.78. The van der Waals surface area contributed by atoms with E-state index in [1.54, 1.807) is 19.9 Å². The molecule has 0 unspecified atom stereocenters. The molecule has 0 radical (unpaired) electrons. The third-order valence-corrected chi connectivity index (χ3v) is 5.71. The molecule has 2 aromatic carbocycles. The third kappa shape index (κ3) is 7.16. The van der Waals surface area contributed by atoms with E-state index in [1.165, 1.54) is 60.7 Å². The second-order valence-electron chi connectivity index (χ2n) is 6.93. The van der Waals surface area contributed by atoms with Crippen molar-refractivity contribution in [1.82, 2.24) is 15.3 Å². The maximum absolute atomic E-state index is 12.9. The first-order valence-corrected chi connectivity index (χ1v) is 11.5. The SMILES string of the molecule is Cc1cc(C)nc(NS(=O)(=O)c2ccc(NC(=S)NC(=O)/C=C\c3ccc(F)cc3)cc2)n1. The summed E-state index contributed by atoms with van der Waals surface area (Å²) in [7, 11) is -3.89. The average molecular weight is 486 g/mol. The van der Waals surface area contributed by atoms with E-state index in [2.05, 4.69) is 25.3 Å². The quantitative estimate of drug-likeness (QED) is 0.361. The summed E-state index contributed by atoms with van der Waals surface area (Å²) in [5, 5.41) is 5.30. The lowest BCUT2D eigenvalue weighted by molar-refractivity contribution is -0.115. The van der Waals surface area contributed by atoms with Crippen LogP contribution < -0.4 is 15.4 Å². The van der Waals surface area contributed by atoms with Crippen LogP contribution in [0.4, 0.5) is 16.0 Å². The van der Waals surface area contributed by atoms with Crippen molar-refractivity contribution < 1.29 is 17.6 Å². The molecule has 3 rings (SSSR count). The molecular weight excluding hydrogens is 465 g/mol. The lowest BCUT2D eigenvalue weighted by Gasteiger charge is -2.10. The third-order valence-electron chi connectivity index (χ3n) is 4.16. The van der Waals surface area contributed by atoms with Crippen molar-refractivity contribution in [2.75, 3.05) is 10.0 Å². The van der Waals surface area contributed by atoms with Gasteiger partial charge < -0.3 is 5.32 Å². The first kappa shape index (κ1) is 24.0. The maximum atomic E-state index is 12.9. The first-order chi connectivity index (χ1) is 15.6. The number of carbonyl (C=O) groups is 1. The van der Waals surface area contributed by atoms with Crippen LogP contribution in [0.25, 0.3) is 6.08 Å². The summed E-state index contributed by atoms with van der Waals surface area (Å²) in [4.78, 5) is 20.1. The van der Waals surface area contributed by atoms with Crippen LogP contribution >= 0.6 is 12.2 Å². The Labute approximate surface area is 196 Å². The van der Waals surface area contributed by atoms with Crippen molar-refractivity contribution in [2.45, 2.75) is 18.7 Å². The van der Waals surface area contributed by atoms with Gasteiger partial charge in [0.15, 0.2) is 5.11 Å². The van der Waals surface area contributed by atoms with E-state index in [4.69, 9.17) is 12.2 Å². The van der Waals surface area contributed by atoms with Crippen molar-refractivity contribution in [3.8, 4) is 0 Å². The number of hydrogen-bond acceptors (Lipinski definition) is 6. The topological polar surface area (TPSA) is 113 Å². The Balaban J connectivity index is 1.58. The summed E-state index contributed by atoms with van der Waals surface area (Å²) < 4.78 is 40.4. The van der Waals surface area contributed by atoms with Gasteiger partial charge in [0.1, 0.15) is 5.82 Å². The predicted octanol–water partition coefficient (Wildman–Crippen LogP) is 3.56. The largest absolute Gasteiger partial charge is 0.332 e. The van der Waals surface area contributed by atoms with E-state index in [-0.39, 0.29) is 21.8 Å². The highest BCUT2D eigenvalue weighted by molar-refractivity contribution is 7.92. The van der Waals surface area contributed by atoms with Gasteiger partial charge in [-0.2, -0.15) is 0 Å². The van der Waals surface area contributed by atoms with Crippen LogP contribution in [0.1, 0.15) is 17.0 Å². The van der Waals surface area contributed by atoms with Crippen molar-refractivity contribution in [3.05, 3.63) is 83.4 Å². The second kappa shape index (κ2) is 10.3. The zero-order valence-corrected chi connectivity index (χ0v) is 19.3. The Kier molecular flexibility index (Phi) is 7.46. The molecule has 0 aliphatic heterocycles. The molecule has 1 amide bonds. The molecule has 0 aliphatic rings. The van der Waals surface area contributed by atoms with Gasteiger partial charge >= 0.3 is 0 Å². The fourth-order valence-electron chi connectivity index (χ4n) is 2.73. The molecule has 0 saturated carbocycles. The molecule has 0 fully saturated rings. The van der Waals surface area contributed by atoms with Crippen molar-refractivity contribution in [2.24, 2.45) is 0 Å². The minimum Gasteiger partial charge on any atom is -0.332 e. The molecule has 0 aliphatic carbocycles. The summed E-state index contributed by atoms with van der Waals surface area (Å²) in [6, 6.07) is 13.2. The molecule has 0 bridgehead atoms. The van der Waals surface area contributed by atoms with Gasteiger partial charge in [-0.25, -0.2) is 27.5 Å². The number of carbonyl (C=O) groups excluding carboxylic acids is 1. The molecule has 3 N–H and O–H groups in total. The number of amides is 1. The Morgan fingerprint density at radius 1 is 1.00 bits per heavy atom. The molecule has 170 valence electrons. The molecule has 0 spiro atoms. The van der Waals surface area contributed by atoms with Gasteiger partial charge in [-0.3, -0.25) is 10.1 Å². The van der Waals surface area contributed by atoms with Crippen LogP contribution in [0, 0.1) is 19.7 Å². The molecule has 1 heterocycles. The minimum atomic E-state index is -3.89. The van der Waals surface area contributed by atoms with Crippen LogP contribution in [-0.2, 0) is 14.8 Å². The molecular formula is C22H20FN5O3S2. The van der Waals surface area contributed by atoms with Gasteiger partial charge in [-0.1, -0.05) is 12.1 Å². The predicted molar refractivity (Wildman–Crippen MR) is 129 cm³/mol. The second-order valence-corrected chi connectivity index (χ2v) is 9.02. The Morgan fingerprint density at radius 3 is 2.21 bits per heavy atom. The first-order valence-electron chi connectivity index (χ1n) is 9.61. The monoisotopic (exact) mass is 485 g/mol. The van der Waals surface area contributed by atoms with Gasteiger partial charge in [0.2, 0.25) is 11.9 Å². The Morgan fingerprint density at radius 2 is 1.61 bits per heavy atom. The van der Waals surface area contributed by atoms with Gasteiger partial charge in [-0.05, 0) is 80.2 Å². The van der Waals surface area contributed by atoms with Crippen LogP contribution in [0.15, 0.2) is 65.6 Å². The number of rotatable bonds is 6. The van der Waals surface area contributed by atoms with Gasteiger partial charge in [0, 0.05) is 23.2 Å². The summed E-state index contributed by atoms with van der Waals surface area (Å²) in [5.41, 5.74) is 2.41. The summed E-state index contributed by atoms with van der Waals surface area (Å²) in [5.74, 6) is -0.851. The van der Waals surface area contributed by atoms with E-state index < -0.39 is 15.9 Å². The highest BCUT2D eigenvalue weighted by atomic mass is 32.2. The summed E-state index contributed by atoms with van der Waals surface area (Å²) >= 11 is 5.10. The molecule has 1 aromatic heterocycles. The number of anilines is 2. The van der Waals surface area contributed by atoms with E-state index in [9.17, 15) is 17.6 Å². The fraction of sp³-hybridized carbons (Fsp3) is 0.0909. The van der Waals surface area contributed by atoms with Gasteiger partial charge in [0.25, 0.3) is 10.0 Å². The van der Waals surface area contributed by atoms with Crippen LogP contribution in [-0.4, -0.2) is 29.4 Å². The highest BCUT2D eigenvalue weighted by Crippen LogP contribution is 2.17. The van der Waals surface area contributed by atoms with E-state index in [1.807, 2.05) is 0 Å². The maximum Gasteiger partial charge on any atom is 0.264 e. The van der Waals surface area contributed by atoms with Gasteiger partial charge in [0.05, 0.1) is 4.90 Å². The van der Waals surface area contributed by atoms with E-state index in [0.29, 0.717) is 22.6 Å². The van der Waals surface area contributed by atoms with Gasteiger partial charge in [-0.15, -0.1) is 0 Å². The number of aryl methyl sites for hydroxylation is 2. The number of sulfonamides is 1. The Hall–Kier alpha value is -3.70. The van der Waals surface area contributed by atoms with E-state index >= 15 is 0 Å².